The van der Waals surface area contributed by atoms with E-state index in [4.69, 9.17) is 11.6 Å². The zero-order valence-electron chi connectivity index (χ0n) is 10.3. The molecule has 0 saturated heterocycles. The van der Waals surface area contributed by atoms with Gasteiger partial charge in [0.25, 0.3) is 0 Å². The summed E-state index contributed by atoms with van der Waals surface area (Å²) in [6.07, 6.45) is -0.598. The molecule has 0 radical (unpaired) electrons. The van der Waals surface area contributed by atoms with Crippen molar-refractivity contribution in [2.75, 3.05) is 0 Å². The fourth-order valence-corrected chi connectivity index (χ4v) is 2.01. The van der Waals surface area contributed by atoms with Crippen molar-refractivity contribution in [3.8, 4) is 0 Å². The molecule has 0 fully saturated rings. The van der Waals surface area contributed by atoms with Crippen LogP contribution in [0, 0.1) is 18.6 Å². The lowest BCUT2D eigenvalue weighted by Crippen LogP contribution is -2.03. The summed E-state index contributed by atoms with van der Waals surface area (Å²) in [7, 11) is 0. The highest BCUT2D eigenvalue weighted by atomic mass is 35.5. The molecule has 1 N–H and O–H groups in total. The summed E-state index contributed by atoms with van der Waals surface area (Å²) in [5.41, 5.74) is 2.11. The predicted octanol–water partition coefficient (Wildman–Crippen LogP) is 4.20. The number of hydrogen-bond donors (Lipinski definition) is 1. The van der Waals surface area contributed by atoms with Crippen molar-refractivity contribution in [2.45, 2.75) is 19.4 Å². The lowest BCUT2D eigenvalue weighted by atomic mass is 10.0. The molecule has 0 spiro atoms. The van der Waals surface area contributed by atoms with Crippen LogP contribution >= 0.6 is 11.6 Å². The standard InChI is InChI=1S/C15H13ClF2O/c1-9-2-4-11(8-12(9)16)15(19)7-10-3-5-13(17)14(18)6-10/h2-6,8,15,19H,7H2,1H3. The second kappa shape index (κ2) is 5.68. The number of halogens is 3. The SMILES string of the molecule is Cc1ccc(C(O)Cc2ccc(F)c(F)c2)cc1Cl. The highest BCUT2D eigenvalue weighted by molar-refractivity contribution is 6.31. The summed E-state index contributed by atoms with van der Waals surface area (Å²) in [5, 5.41) is 10.6. The van der Waals surface area contributed by atoms with Crippen LogP contribution in [-0.2, 0) is 6.42 Å². The third kappa shape index (κ3) is 3.31. The van der Waals surface area contributed by atoms with Crippen LogP contribution < -0.4 is 0 Å². The van der Waals surface area contributed by atoms with Crippen molar-refractivity contribution >= 4 is 11.6 Å². The molecule has 19 heavy (non-hydrogen) atoms. The summed E-state index contributed by atoms with van der Waals surface area (Å²) in [4.78, 5) is 0. The van der Waals surface area contributed by atoms with Gasteiger partial charge in [-0.25, -0.2) is 8.78 Å². The third-order valence-corrected chi connectivity index (χ3v) is 3.40. The molecule has 4 heteroatoms. The average molecular weight is 283 g/mol. The van der Waals surface area contributed by atoms with E-state index in [0.29, 0.717) is 16.1 Å². The third-order valence-electron chi connectivity index (χ3n) is 2.99. The number of aryl methyl sites for hydroxylation is 1. The van der Waals surface area contributed by atoms with E-state index in [9.17, 15) is 13.9 Å². The topological polar surface area (TPSA) is 20.2 Å². The van der Waals surface area contributed by atoms with E-state index in [2.05, 4.69) is 0 Å². The number of rotatable bonds is 3. The first-order valence-corrected chi connectivity index (χ1v) is 6.23. The second-order valence-corrected chi connectivity index (χ2v) is 4.88. The van der Waals surface area contributed by atoms with Crippen LogP contribution in [0.15, 0.2) is 36.4 Å². The number of aliphatic hydroxyl groups excluding tert-OH is 1. The van der Waals surface area contributed by atoms with Crippen LogP contribution in [0.25, 0.3) is 0 Å². The van der Waals surface area contributed by atoms with Gasteiger partial charge in [0.05, 0.1) is 6.10 Å². The maximum atomic E-state index is 13.1. The molecule has 0 aromatic heterocycles. The molecule has 2 rings (SSSR count). The molecule has 0 aliphatic rings. The van der Waals surface area contributed by atoms with E-state index in [1.165, 1.54) is 6.07 Å². The Kier molecular flexibility index (Phi) is 4.17. The van der Waals surface area contributed by atoms with Crippen LogP contribution in [0.3, 0.4) is 0 Å². The Balaban J connectivity index is 2.17. The lowest BCUT2D eigenvalue weighted by molar-refractivity contribution is 0.178. The Morgan fingerprint density at radius 2 is 1.84 bits per heavy atom. The molecular formula is C15H13ClF2O. The van der Waals surface area contributed by atoms with Crippen LogP contribution in [0.4, 0.5) is 8.78 Å². The molecule has 0 aliphatic heterocycles. The first-order chi connectivity index (χ1) is 8.97. The Labute approximate surface area is 115 Å². The van der Waals surface area contributed by atoms with Crippen molar-refractivity contribution in [3.63, 3.8) is 0 Å². The number of benzene rings is 2. The highest BCUT2D eigenvalue weighted by Gasteiger charge is 2.11. The normalized spacial score (nSPS) is 12.5. The van der Waals surface area contributed by atoms with Crippen molar-refractivity contribution in [1.82, 2.24) is 0 Å². The Bertz CT molecular complexity index is 599. The summed E-state index contributed by atoms with van der Waals surface area (Å²) in [6, 6.07) is 8.87. The smallest absolute Gasteiger partial charge is 0.159 e. The van der Waals surface area contributed by atoms with Crippen molar-refractivity contribution in [3.05, 3.63) is 69.7 Å². The molecule has 0 saturated carbocycles. The molecule has 0 bridgehead atoms. The quantitative estimate of drug-likeness (QED) is 0.894. The van der Waals surface area contributed by atoms with Gasteiger partial charge in [0.1, 0.15) is 0 Å². The van der Waals surface area contributed by atoms with E-state index in [1.54, 1.807) is 12.1 Å². The van der Waals surface area contributed by atoms with Crippen LogP contribution in [0.5, 0.6) is 0 Å². The maximum absolute atomic E-state index is 13.1. The summed E-state index contributed by atoms with van der Waals surface area (Å²) in [6.45, 7) is 1.87. The molecule has 2 aromatic rings. The zero-order chi connectivity index (χ0) is 14.0. The van der Waals surface area contributed by atoms with Gasteiger partial charge in [-0.3, -0.25) is 0 Å². The molecule has 0 heterocycles. The van der Waals surface area contributed by atoms with Gasteiger partial charge in [0.15, 0.2) is 11.6 Å². The molecule has 100 valence electrons. The molecule has 0 aliphatic carbocycles. The zero-order valence-corrected chi connectivity index (χ0v) is 11.1. The fourth-order valence-electron chi connectivity index (χ4n) is 1.82. The van der Waals surface area contributed by atoms with Gasteiger partial charge in [-0.15, -0.1) is 0 Å². The van der Waals surface area contributed by atoms with Crippen LogP contribution in [-0.4, -0.2) is 5.11 Å². The summed E-state index contributed by atoms with van der Waals surface area (Å²) < 4.78 is 25.9. The second-order valence-electron chi connectivity index (χ2n) is 4.48. The van der Waals surface area contributed by atoms with Gasteiger partial charge in [0.2, 0.25) is 0 Å². The van der Waals surface area contributed by atoms with E-state index in [-0.39, 0.29) is 6.42 Å². The maximum Gasteiger partial charge on any atom is 0.159 e. The van der Waals surface area contributed by atoms with Gasteiger partial charge in [-0.05, 0) is 41.8 Å². The fraction of sp³-hybridized carbons (Fsp3) is 0.200. The Morgan fingerprint density at radius 1 is 1.11 bits per heavy atom. The van der Waals surface area contributed by atoms with E-state index >= 15 is 0 Å². The van der Waals surface area contributed by atoms with Gasteiger partial charge < -0.3 is 5.11 Å². The number of aliphatic hydroxyl groups is 1. The van der Waals surface area contributed by atoms with Gasteiger partial charge in [-0.2, -0.15) is 0 Å². The van der Waals surface area contributed by atoms with E-state index < -0.39 is 17.7 Å². The first kappa shape index (κ1) is 14.0. The Morgan fingerprint density at radius 3 is 2.47 bits per heavy atom. The largest absolute Gasteiger partial charge is 0.388 e. The van der Waals surface area contributed by atoms with Crippen molar-refractivity contribution in [2.24, 2.45) is 0 Å². The van der Waals surface area contributed by atoms with Gasteiger partial charge >= 0.3 is 0 Å². The summed E-state index contributed by atoms with van der Waals surface area (Å²) >= 11 is 5.99. The van der Waals surface area contributed by atoms with Crippen LogP contribution in [0.2, 0.25) is 5.02 Å². The summed E-state index contributed by atoms with van der Waals surface area (Å²) in [5.74, 6) is -1.80. The highest BCUT2D eigenvalue weighted by Crippen LogP contribution is 2.24. The molecular weight excluding hydrogens is 270 g/mol. The van der Waals surface area contributed by atoms with Gasteiger partial charge in [0, 0.05) is 11.4 Å². The van der Waals surface area contributed by atoms with Crippen LogP contribution in [0.1, 0.15) is 22.8 Å². The predicted molar refractivity (Wildman–Crippen MR) is 71.2 cm³/mol. The van der Waals surface area contributed by atoms with Crippen molar-refractivity contribution < 1.29 is 13.9 Å². The monoisotopic (exact) mass is 282 g/mol. The minimum Gasteiger partial charge on any atom is -0.388 e. The average Bonchev–Trinajstić information content (AvgIpc) is 2.37. The minimum atomic E-state index is -0.911. The molecule has 1 unspecified atom stereocenters. The van der Waals surface area contributed by atoms with E-state index in [1.807, 2.05) is 13.0 Å². The molecule has 2 aromatic carbocycles. The van der Waals surface area contributed by atoms with Gasteiger partial charge in [-0.1, -0.05) is 29.8 Å². The van der Waals surface area contributed by atoms with E-state index in [0.717, 1.165) is 17.7 Å². The molecule has 1 nitrogen and oxygen atoms in total. The minimum absolute atomic E-state index is 0.205. The lowest BCUT2D eigenvalue weighted by Gasteiger charge is -2.12. The number of hydrogen-bond acceptors (Lipinski definition) is 1. The molecule has 0 amide bonds. The Hall–Kier alpha value is -1.45. The first-order valence-electron chi connectivity index (χ1n) is 5.85. The molecule has 1 atom stereocenters. The van der Waals surface area contributed by atoms with Crippen molar-refractivity contribution in [1.29, 1.82) is 0 Å².